The number of halogens is 1. The van der Waals surface area contributed by atoms with Crippen molar-refractivity contribution < 1.29 is 23.8 Å². The molecule has 0 aliphatic heterocycles. The van der Waals surface area contributed by atoms with Gasteiger partial charge in [-0.1, -0.05) is 17.7 Å². The molecule has 0 aromatic heterocycles. The van der Waals surface area contributed by atoms with Crippen molar-refractivity contribution in [3.8, 4) is 11.5 Å². The zero-order valence-corrected chi connectivity index (χ0v) is 12.5. The first-order chi connectivity index (χ1) is 10.6. The van der Waals surface area contributed by atoms with E-state index in [0.717, 1.165) is 0 Å². The molecule has 5 nitrogen and oxygen atoms in total. The maximum absolute atomic E-state index is 11.7. The van der Waals surface area contributed by atoms with E-state index in [2.05, 4.69) is 4.74 Å². The Labute approximate surface area is 132 Å². The highest BCUT2D eigenvalue weighted by atomic mass is 35.5. The van der Waals surface area contributed by atoms with E-state index in [0.29, 0.717) is 22.1 Å². The number of ether oxygens (including phenoxy) is 3. The lowest BCUT2D eigenvalue weighted by atomic mass is 10.2. The Morgan fingerprint density at radius 3 is 2.41 bits per heavy atom. The molecule has 0 atom stereocenters. The zero-order valence-electron chi connectivity index (χ0n) is 11.7. The van der Waals surface area contributed by atoms with Crippen LogP contribution >= 0.6 is 11.6 Å². The Morgan fingerprint density at radius 2 is 1.77 bits per heavy atom. The van der Waals surface area contributed by atoms with E-state index >= 15 is 0 Å². The summed E-state index contributed by atoms with van der Waals surface area (Å²) in [5.41, 5.74) is 0.373. The molecule has 114 valence electrons. The SMILES string of the molecule is COC(=O)c1ccc(OC(=O)COc2cccc(Cl)c2)cc1. The van der Waals surface area contributed by atoms with E-state index in [1.165, 1.54) is 31.4 Å². The van der Waals surface area contributed by atoms with Crippen LogP contribution in [0.5, 0.6) is 11.5 Å². The van der Waals surface area contributed by atoms with Gasteiger partial charge in [-0.3, -0.25) is 0 Å². The third kappa shape index (κ3) is 4.49. The van der Waals surface area contributed by atoms with Crippen molar-refractivity contribution in [3.63, 3.8) is 0 Å². The molecule has 0 saturated heterocycles. The molecule has 2 aromatic carbocycles. The van der Waals surface area contributed by atoms with Gasteiger partial charge in [0, 0.05) is 5.02 Å². The normalized spacial score (nSPS) is 9.91. The van der Waals surface area contributed by atoms with E-state index in [1.807, 2.05) is 0 Å². The van der Waals surface area contributed by atoms with Gasteiger partial charge in [0.25, 0.3) is 0 Å². The van der Waals surface area contributed by atoms with Crippen LogP contribution in [-0.4, -0.2) is 25.7 Å². The van der Waals surface area contributed by atoms with E-state index in [-0.39, 0.29) is 6.61 Å². The maximum atomic E-state index is 11.7. The standard InChI is InChI=1S/C16H13ClO5/c1-20-16(19)11-5-7-13(8-6-11)22-15(18)10-21-14-4-2-3-12(17)9-14/h2-9H,10H2,1H3. The van der Waals surface area contributed by atoms with Crippen LogP contribution in [0.25, 0.3) is 0 Å². The van der Waals surface area contributed by atoms with Crippen molar-refractivity contribution >= 4 is 23.5 Å². The molecule has 0 fully saturated rings. The van der Waals surface area contributed by atoms with Gasteiger partial charge in [0.2, 0.25) is 0 Å². The Balaban J connectivity index is 1.88. The first kappa shape index (κ1) is 15.9. The lowest BCUT2D eigenvalue weighted by Gasteiger charge is -2.07. The Hall–Kier alpha value is -2.53. The minimum Gasteiger partial charge on any atom is -0.482 e. The van der Waals surface area contributed by atoms with Gasteiger partial charge in [-0.15, -0.1) is 0 Å². The minimum atomic E-state index is -0.564. The highest BCUT2D eigenvalue weighted by molar-refractivity contribution is 6.30. The molecule has 0 aliphatic carbocycles. The Morgan fingerprint density at radius 1 is 1.05 bits per heavy atom. The summed E-state index contributed by atoms with van der Waals surface area (Å²) < 4.78 is 14.9. The molecule has 0 heterocycles. The number of rotatable bonds is 5. The number of benzene rings is 2. The third-order valence-corrected chi connectivity index (χ3v) is 2.89. The van der Waals surface area contributed by atoms with E-state index in [4.69, 9.17) is 21.1 Å². The van der Waals surface area contributed by atoms with Crippen LogP contribution in [0.1, 0.15) is 10.4 Å². The van der Waals surface area contributed by atoms with Crippen molar-refractivity contribution in [1.82, 2.24) is 0 Å². The van der Waals surface area contributed by atoms with Gasteiger partial charge in [-0.05, 0) is 42.5 Å². The summed E-state index contributed by atoms with van der Waals surface area (Å²) >= 11 is 5.81. The van der Waals surface area contributed by atoms with Crippen molar-refractivity contribution in [2.24, 2.45) is 0 Å². The minimum absolute atomic E-state index is 0.251. The second-order valence-corrected chi connectivity index (χ2v) is 4.67. The van der Waals surface area contributed by atoms with E-state index in [1.54, 1.807) is 24.3 Å². The summed E-state index contributed by atoms with van der Waals surface area (Å²) in [6.07, 6.45) is 0. The fourth-order valence-corrected chi connectivity index (χ4v) is 1.82. The van der Waals surface area contributed by atoms with Crippen molar-refractivity contribution in [2.45, 2.75) is 0 Å². The lowest BCUT2D eigenvalue weighted by Crippen LogP contribution is -2.17. The summed E-state index contributed by atoms with van der Waals surface area (Å²) in [6.45, 7) is -0.251. The number of esters is 2. The first-order valence-electron chi connectivity index (χ1n) is 6.36. The molecule has 0 radical (unpaired) electrons. The molecule has 2 aromatic rings. The van der Waals surface area contributed by atoms with Gasteiger partial charge in [0.05, 0.1) is 12.7 Å². The summed E-state index contributed by atoms with van der Waals surface area (Å²) in [7, 11) is 1.30. The predicted molar refractivity (Wildman–Crippen MR) is 80.4 cm³/mol. The first-order valence-corrected chi connectivity index (χ1v) is 6.73. The molecule has 0 unspecified atom stereocenters. The quantitative estimate of drug-likeness (QED) is 0.625. The van der Waals surface area contributed by atoms with Crippen molar-refractivity contribution in [1.29, 1.82) is 0 Å². The fraction of sp³-hybridized carbons (Fsp3) is 0.125. The van der Waals surface area contributed by atoms with Crippen LogP contribution in [-0.2, 0) is 9.53 Å². The monoisotopic (exact) mass is 320 g/mol. The smallest absolute Gasteiger partial charge is 0.349 e. The Bertz CT molecular complexity index is 666. The fourth-order valence-electron chi connectivity index (χ4n) is 1.64. The molecule has 6 heteroatoms. The van der Waals surface area contributed by atoms with Crippen molar-refractivity contribution in [3.05, 3.63) is 59.1 Å². The van der Waals surface area contributed by atoms with Gasteiger partial charge in [-0.2, -0.15) is 0 Å². The summed E-state index contributed by atoms with van der Waals surface area (Å²) in [5.74, 6) is -0.231. The molecule has 2 rings (SSSR count). The van der Waals surface area contributed by atoms with Gasteiger partial charge >= 0.3 is 11.9 Å². The number of hydrogen-bond acceptors (Lipinski definition) is 5. The molecule has 0 saturated carbocycles. The Kier molecular flexibility index (Phi) is 5.38. The molecule has 0 spiro atoms. The number of methoxy groups -OCH3 is 1. The van der Waals surface area contributed by atoms with E-state index in [9.17, 15) is 9.59 Å². The molecule has 22 heavy (non-hydrogen) atoms. The van der Waals surface area contributed by atoms with Crippen LogP contribution < -0.4 is 9.47 Å². The molecular weight excluding hydrogens is 308 g/mol. The second-order valence-electron chi connectivity index (χ2n) is 4.24. The van der Waals surface area contributed by atoms with Crippen LogP contribution in [0, 0.1) is 0 Å². The zero-order chi connectivity index (χ0) is 15.9. The van der Waals surface area contributed by atoms with Gasteiger partial charge in [0.1, 0.15) is 11.5 Å². The van der Waals surface area contributed by atoms with Crippen LogP contribution in [0.4, 0.5) is 0 Å². The van der Waals surface area contributed by atoms with E-state index < -0.39 is 11.9 Å². The summed E-state index contributed by atoms with van der Waals surface area (Å²) in [6, 6.07) is 12.7. The second kappa shape index (κ2) is 7.47. The number of carbonyl (C=O) groups is 2. The molecule has 0 N–H and O–H groups in total. The molecular formula is C16H13ClO5. The topological polar surface area (TPSA) is 61.8 Å². The molecule has 0 amide bonds. The number of hydrogen-bond donors (Lipinski definition) is 0. The molecule has 0 bridgehead atoms. The average molecular weight is 321 g/mol. The molecule has 0 aliphatic rings. The van der Waals surface area contributed by atoms with Gasteiger partial charge < -0.3 is 14.2 Å². The maximum Gasteiger partial charge on any atom is 0.349 e. The largest absolute Gasteiger partial charge is 0.482 e. The average Bonchev–Trinajstić information content (AvgIpc) is 2.53. The lowest BCUT2D eigenvalue weighted by molar-refractivity contribution is -0.136. The summed E-state index contributed by atoms with van der Waals surface area (Å²) in [4.78, 5) is 22.9. The summed E-state index contributed by atoms with van der Waals surface area (Å²) in [5, 5.41) is 0.518. The van der Waals surface area contributed by atoms with Crippen molar-refractivity contribution in [2.75, 3.05) is 13.7 Å². The van der Waals surface area contributed by atoms with Gasteiger partial charge in [-0.25, -0.2) is 9.59 Å². The van der Waals surface area contributed by atoms with Crippen LogP contribution in [0.15, 0.2) is 48.5 Å². The van der Waals surface area contributed by atoms with Crippen LogP contribution in [0.2, 0.25) is 5.02 Å². The number of carbonyl (C=O) groups excluding carboxylic acids is 2. The highest BCUT2D eigenvalue weighted by Gasteiger charge is 2.09. The third-order valence-electron chi connectivity index (χ3n) is 2.66. The highest BCUT2D eigenvalue weighted by Crippen LogP contribution is 2.17. The van der Waals surface area contributed by atoms with Crippen LogP contribution in [0.3, 0.4) is 0 Å². The predicted octanol–water partition coefficient (Wildman–Crippen LogP) is 3.11. The van der Waals surface area contributed by atoms with Gasteiger partial charge in [0.15, 0.2) is 6.61 Å².